The Morgan fingerprint density at radius 2 is 1.78 bits per heavy atom. The lowest BCUT2D eigenvalue weighted by atomic mass is 10.0. The summed E-state index contributed by atoms with van der Waals surface area (Å²) in [5, 5.41) is 0. The van der Waals surface area contributed by atoms with E-state index in [4.69, 9.17) is 0 Å². The van der Waals surface area contributed by atoms with E-state index in [1.54, 1.807) is 31.9 Å². The fourth-order valence-electron chi connectivity index (χ4n) is 3.46. The number of carbonyl (C=O) groups excluding carboxylic acids is 1. The minimum Gasteiger partial charge on any atom is -0.331 e. The molecule has 1 aromatic heterocycles. The summed E-state index contributed by atoms with van der Waals surface area (Å²) in [5.41, 5.74) is 4.91. The summed E-state index contributed by atoms with van der Waals surface area (Å²) in [4.78, 5) is 22.8. The summed E-state index contributed by atoms with van der Waals surface area (Å²) in [5.74, 6) is -0.281. The molecule has 2 heterocycles. The first-order valence-corrected chi connectivity index (χ1v) is 10.3. The largest absolute Gasteiger partial charge is 0.331 e. The van der Waals surface area contributed by atoms with Crippen LogP contribution in [0.1, 0.15) is 40.4 Å². The highest BCUT2D eigenvalue weighted by atomic mass is 32.2. The molecule has 1 amide bonds. The standard InChI is InChI=1S/C19H24N4O3S/c1-11-6-12(2)14(4)18(13(11)3)27(25,26)22-15(5)19(24)23-8-16-7-20-10-21-17(16)9-23/h6-7,10,15,22H,8-9H2,1-5H3. The van der Waals surface area contributed by atoms with Gasteiger partial charge in [-0.05, 0) is 56.9 Å². The van der Waals surface area contributed by atoms with Crippen molar-refractivity contribution >= 4 is 15.9 Å². The van der Waals surface area contributed by atoms with Crippen LogP contribution in [0, 0.1) is 27.7 Å². The molecule has 1 atom stereocenters. The predicted octanol–water partition coefficient (Wildman–Crippen LogP) is 1.92. The van der Waals surface area contributed by atoms with E-state index >= 15 is 0 Å². The maximum Gasteiger partial charge on any atom is 0.241 e. The molecule has 1 N–H and O–H groups in total. The van der Waals surface area contributed by atoms with Crippen LogP contribution in [0.4, 0.5) is 0 Å². The zero-order valence-electron chi connectivity index (χ0n) is 16.2. The molecule has 2 aromatic rings. The summed E-state index contributed by atoms with van der Waals surface area (Å²) < 4.78 is 28.6. The van der Waals surface area contributed by atoms with Crippen molar-refractivity contribution in [2.75, 3.05) is 0 Å². The van der Waals surface area contributed by atoms with Gasteiger partial charge >= 0.3 is 0 Å². The van der Waals surface area contributed by atoms with E-state index in [9.17, 15) is 13.2 Å². The smallest absolute Gasteiger partial charge is 0.241 e. The Bertz CT molecular complexity index is 967. The second kappa shape index (κ2) is 7.01. The molecule has 8 heteroatoms. The molecular weight excluding hydrogens is 364 g/mol. The van der Waals surface area contributed by atoms with Crippen LogP contribution < -0.4 is 4.72 Å². The van der Waals surface area contributed by atoms with Gasteiger partial charge < -0.3 is 4.90 Å². The molecule has 0 bridgehead atoms. The first-order chi connectivity index (χ1) is 12.6. The third-order valence-corrected chi connectivity index (χ3v) is 6.98. The van der Waals surface area contributed by atoms with E-state index in [0.717, 1.165) is 22.4 Å². The summed E-state index contributed by atoms with van der Waals surface area (Å²) in [6.45, 7) is 9.68. The van der Waals surface area contributed by atoms with E-state index in [-0.39, 0.29) is 10.8 Å². The highest BCUT2D eigenvalue weighted by molar-refractivity contribution is 7.89. The molecule has 0 saturated carbocycles. The van der Waals surface area contributed by atoms with Crippen molar-refractivity contribution in [3.63, 3.8) is 0 Å². The average Bonchev–Trinajstić information content (AvgIpc) is 3.03. The Balaban J connectivity index is 1.82. The van der Waals surface area contributed by atoms with E-state index < -0.39 is 16.1 Å². The fourth-order valence-corrected chi connectivity index (χ4v) is 5.27. The van der Waals surface area contributed by atoms with Crippen molar-refractivity contribution in [1.29, 1.82) is 0 Å². The van der Waals surface area contributed by atoms with Crippen LogP contribution in [0.3, 0.4) is 0 Å². The molecule has 0 aliphatic carbocycles. The number of carbonyl (C=O) groups is 1. The number of nitrogens with one attached hydrogen (secondary N) is 1. The Morgan fingerprint density at radius 3 is 2.37 bits per heavy atom. The lowest BCUT2D eigenvalue weighted by Gasteiger charge is -2.22. The number of aromatic nitrogens is 2. The topological polar surface area (TPSA) is 92.3 Å². The number of hydrogen-bond donors (Lipinski definition) is 1. The van der Waals surface area contributed by atoms with Gasteiger partial charge in [-0.25, -0.2) is 18.4 Å². The Kier molecular flexibility index (Phi) is 5.05. The molecule has 1 aliphatic heterocycles. The third-order valence-electron chi connectivity index (χ3n) is 5.16. The third kappa shape index (κ3) is 3.59. The van der Waals surface area contributed by atoms with Gasteiger partial charge in [-0.15, -0.1) is 0 Å². The van der Waals surface area contributed by atoms with Gasteiger partial charge in [0.25, 0.3) is 0 Å². The van der Waals surface area contributed by atoms with Crippen LogP contribution in [0.15, 0.2) is 23.5 Å². The normalized spacial score (nSPS) is 14.9. The zero-order chi connectivity index (χ0) is 19.9. The SMILES string of the molecule is Cc1cc(C)c(C)c(S(=O)(=O)NC(C)C(=O)N2Cc3cncnc3C2)c1C. The number of amides is 1. The lowest BCUT2D eigenvalue weighted by molar-refractivity contribution is -0.133. The molecule has 7 nitrogen and oxygen atoms in total. The van der Waals surface area contributed by atoms with Crippen LogP contribution in [-0.2, 0) is 27.9 Å². The number of rotatable bonds is 4. The number of fused-ring (bicyclic) bond motifs is 1. The number of aryl methyl sites for hydroxylation is 2. The van der Waals surface area contributed by atoms with Crippen molar-refractivity contribution in [2.24, 2.45) is 0 Å². The first-order valence-electron chi connectivity index (χ1n) is 8.78. The average molecular weight is 388 g/mol. The molecular formula is C19H24N4O3S. The fraction of sp³-hybridized carbons (Fsp3) is 0.421. The van der Waals surface area contributed by atoms with Gasteiger partial charge in [-0.1, -0.05) is 6.07 Å². The summed E-state index contributed by atoms with van der Waals surface area (Å²) >= 11 is 0. The summed E-state index contributed by atoms with van der Waals surface area (Å²) in [6, 6.07) is 1.10. The minimum absolute atomic E-state index is 0.259. The second-order valence-electron chi connectivity index (χ2n) is 7.12. The Morgan fingerprint density at radius 1 is 1.15 bits per heavy atom. The van der Waals surface area contributed by atoms with Crippen molar-refractivity contribution in [1.82, 2.24) is 19.6 Å². The lowest BCUT2D eigenvalue weighted by Crippen LogP contribution is -2.45. The monoisotopic (exact) mass is 388 g/mol. The van der Waals surface area contributed by atoms with Gasteiger partial charge in [-0.3, -0.25) is 4.79 Å². The highest BCUT2D eigenvalue weighted by Crippen LogP contribution is 2.26. The second-order valence-corrected chi connectivity index (χ2v) is 8.77. The van der Waals surface area contributed by atoms with E-state index in [1.807, 2.05) is 19.9 Å². The van der Waals surface area contributed by atoms with Crippen LogP contribution in [0.5, 0.6) is 0 Å². The molecule has 144 valence electrons. The summed E-state index contributed by atoms with van der Waals surface area (Å²) in [6.07, 6.45) is 3.14. The number of nitrogens with zero attached hydrogens (tertiary/aromatic N) is 3. The quantitative estimate of drug-likeness (QED) is 0.864. The Hall–Kier alpha value is -2.32. The van der Waals surface area contributed by atoms with Crippen molar-refractivity contribution in [3.05, 3.63) is 52.1 Å². The Labute approximate surface area is 159 Å². The van der Waals surface area contributed by atoms with Crippen LogP contribution in [0.2, 0.25) is 0 Å². The van der Waals surface area contributed by atoms with Gasteiger partial charge in [0.2, 0.25) is 15.9 Å². The number of sulfonamides is 1. The van der Waals surface area contributed by atoms with E-state index in [1.165, 1.54) is 6.33 Å². The van der Waals surface area contributed by atoms with Crippen molar-refractivity contribution in [3.8, 4) is 0 Å². The maximum absolute atomic E-state index is 13.0. The molecule has 0 fully saturated rings. The maximum atomic E-state index is 13.0. The minimum atomic E-state index is -3.83. The van der Waals surface area contributed by atoms with Gasteiger partial charge in [-0.2, -0.15) is 4.72 Å². The summed E-state index contributed by atoms with van der Waals surface area (Å²) in [7, 11) is -3.83. The van der Waals surface area contributed by atoms with Gasteiger partial charge in [0.15, 0.2) is 0 Å². The molecule has 0 spiro atoms. The van der Waals surface area contributed by atoms with E-state index in [0.29, 0.717) is 24.2 Å². The van der Waals surface area contributed by atoms with Crippen molar-refractivity contribution < 1.29 is 13.2 Å². The predicted molar refractivity (Wildman–Crippen MR) is 101 cm³/mol. The van der Waals surface area contributed by atoms with Crippen LogP contribution >= 0.6 is 0 Å². The zero-order valence-corrected chi connectivity index (χ0v) is 17.0. The number of hydrogen-bond acceptors (Lipinski definition) is 5. The van der Waals surface area contributed by atoms with Crippen molar-refractivity contribution in [2.45, 2.75) is 58.6 Å². The number of benzene rings is 1. The molecule has 1 aliphatic rings. The molecule has 1 unspecified atom stereocenters. The molecule has 1 aromatic carbocycles. The first kappa shape index (κ1) is 19.4. The van der Waals surface area contributed by atoms with E-state index in [2.05, 4.69) is 14.7 Å². The molecule has 27 heavy (non-hydrogen) atoms. The molecule has 0 radical (unpaired) electrons. The van der Waals surface area contributed by atoms with Gasteiger partial charge in [0.1, 0.15) is 6.33 Å². The molecule has 3 rings (SSSR count). The van der Waals surface area contributed by atoms with Gasteiger partial charge in [0.05, 0.1) is 23.2 Å². The van der Waals surface area contributed by atoms with Crippen LogP contribution in [-0.4, -0.2) is 35.2 Å². The molecule has 0 saturated heterocycles. The highest BCUT2D eigenvalue weighted by Gasteiger charge is 2.31. The van der Waals surface area contributed by atoms with Gasteiger partial charge in [0, 0.05) is 18.3 Å². The van der Waals surface area contributed by atoms with Crippen LogP contribution in [0.25, 0.3) is 0 Å².